The third-order valence-electron chi connectivity index (χ3n) is 8.36. The average Bonchev–Trinajstić information content (AvgIpc) is 3.08. The van der Waals surface area contributed by atoms with Crippen LogP contribution >= 0.6 is 0 Å². The van der Waals surface area contributed by atoms with Gasteiger partial charge in [-0.3, -0.25) is 9.36 Å². The Hall–Kier alpha value is -2.13. The van der Waals surface area contributed by atoms with Crippen LogP contribution < -0.4 is 11.0 Å². The van der Waals surface area contributed by atoms with Crippen molar-refractivity contribution in [1.82, 2.24) is 9.55 Å². The molecule has 0 bridgehead atoms. The fraction of sp³-hybridized carbons (Fsp3) is 0.704. The summed E-state index contributed by atoms with van der Waals surface area (Å²) in [4.78, 5) is 41.0. The molecule has 12 heteroatoms. The van der Waals surface area contributed by atoms with E-state index in [4.69, 9.17) is 18.3 Å². The van der Waals surface area contributed by atoms with Crippen LogP contribution in [0.4, 0.5) is 5.82 Å². The number of amides is 1. The zero-order chi connectivity index (χ0) is 29.6. The minimum absolute atomic E-state index is 0.112. The lowest BCUT2D eigenvalue weighted by atomic mass is 10.0. The second-order valence-electron chi connectivity index (χ2n) is 13.5. The van der Waals surface area contributed by atoms with Gasteiger partial charge in [0.1, 0.15) is 30.2 Å². The molecule has 2 aliphatic heterocycles. The predicted molar refractivity (Wildman–Crippen MR) is 154 cm³/mol. The molecule has 3 heterocycles. The Kier molecular flexibility index (Phi) is 8.89. The van der Waals surface area contributed by atoms with Gasteiger partial charge in [0.2, 0.25) is 5.91 Å². The van der Waals surface area contributed by atoms with E-state index in [9.17, 15) is 14.4 Å². The van der Waals surface area contributed by atoms with E-state index in [1.54, 1.807) is 18.3 Å². The molecule has 0 spiro atoms. The van der Waals surface area contributed by atoms with Crippen LogP contribution in [0.2, 0.25) is 36.3 Å². The maximum Gasteiger partial charge on any atom is 0.351 e. The summed E-state index contributed by atoms with van der Waals surface area (Å²) in [5.74, 6) is -0.615. The molecule has 218 valence electrons. The van der Waals surface area contributed by atoms with Gasteiger partial charge < -0.3 is 23.6 Å². The van der Waals surface area contributed by atoms with Gasteiger partial charge >= 0.3 is 11.7 Å². The van der Waals surface area contributed by atoms with Crippen LogP contribution in [-0.2, 0) is 27.9 Å². The standard InChI is InChI=1S/C27H45N3O7Si2/c1-17(31)28-19-15-16-30(25(33)29-19)24-23(37-39(10,11)27(5,6)7)22(36-38(8,9)26(2,3)4)21(35-24)18-13-12-14-20(32)34-18/h12,14-16,18,21-24H,13H2,1-11H3,(H,28,29,31,33)/t18-,21+,22+,23-,24+/m0/s1. The van der Waals surface area contributed by atoms with Gasteiger partial charge in [-0.1, -0.05) is 47.6 Å². The summed E-state index contributed by atoms with van der Waals surface area (Å²) in [7, 11) is -4.79. The summed E-state index contributed by atoms with van der Waals surface area (Å²) in [6, 6.07) is 1.55. The number of nitrogens with one attached hydrogen (secondary N) is 1. The summed E-state index contributed by atoms with van der Waals surface area (Å²) in [5.41, 5.74) is -0.595. The monoisotopic (exact) mass is 579 g/mol. The summed E-state index contributed by atoms with van der Waals surface area (Å²) in [6.45, 7) is 22.9. The van der Waals surface area contributed by atoms with E-state index in [2.05, 4.69) is 78.0 Å². The molecule has 0 saturated carbocycles. The lowest BCUT2D eigenvalue weighted by molar-refractivity contribution is -0.157. The van der Waals surface area contributed by atoms with Gasteiger partial charge in [0.05, 0.1) is 0 Å². The molecule has 0 unspecified atom stereocenters. The van der Waals surface area contributed by atoms with Crippen LogP contribution in [0.15, 0.2) is 29.2 Å². The summed E-state index contributed by atoms with van der Waals surface area (Å²) in [5, 5.41) is 2.30. The summed E-state index contributed by atoms with van der Waals surface area (Å²) in [6.07, 6.45) is 1.77. The van der Waals surface area contributed by atoms with E-state index in [0.717, 1.165) is 0 Å². The first-order chi connectivity index (χ1) is 17.7. The van der Waals surface area contributed by atoms with Crippen LogP contribution in [0.3, 0.4) is 0 Å². The molecule has 1 fully saturated rings. The molecular formula is C27H45N3O7Si2. The highest BCUT2D eigenvalue weighted by Crippen LogP contribution is 2.46. The van der Waals surface area contributed by atoms with Crippen molar-refractivity contribution in [2.45, 2.75) is 122 Å². The van der Waals surface area contributed by atoms with Crippen molar-refractivity contribution < 1.29 is 27.9 Å². The van der Waals surface area contributed by atoms with E-state index in [-0.39, 0.29) is 21.8 Å². The first-order valence-electron chi connectivity index (χ1n) is 13.5. The van der Waals surface area contributed by atoms with Crippen molar-refractivity contribution in [1.29, 1.82) is 0 Å². The van der Waals surface area contributed by atoms with E-state index >= 15 is 0 Å². The van der Waals surface area contributed by atoms with Crippen LogP contribution in [0.1, 0.15) is 61.1 Å². The van der Waals surface area contributed by atoms with Gasteiger partial charge in [-0.25, -0.2) is 9.59 Å². The molecule has 0 aromatic carbocycles. The Balaban J connectivity index is 2.15. The van der Waals surface area contributed by atoms with Gasteiger partial charge in [0.15, 0.2) is 22.9 Å². The van der Waals surface area contributed by atoms with E-state index in [0.29, 0.717) is 6.42 Å². The smallest absolute Gasteiger partial charge is 0.351 e. The van der Waals surface area contributed by atoms with Crippen molar-refractivity contribution in [3.63, 3.8) is 0 Å². The summed E-state index contributed by atoms with van der Waals surface area (Å²) < 4.78 is 27.7. The molecule has 2 aliphatic rings. The second kappa shape index (κ2) is 11.0. The lowest BCUT2D eigenvalue weighted by Gasteiger charge is -2.44. The van der Waals surface area contributed by atoms with E-state index < -0.39 is 58.9 Å². The number of cyclic esters (lactones) is 1. The SMILES string of the molecule is CC(=O)Nc1ccn([C@@H]2O[C@H]([C@@H]3CC=CC(=O)O3)[C@@H](O[Si](C)(C)C(C)(C)C)[C@@H]2O[Si](C)(C)C(C)(C)C)c(=O)n1. The molecule has 1 aromatic rings. The fourth-order valence-corrected chi connectivity index (χ4v) is 6.66. The molecule has 1 saturated heterocycles. The number of anilines is 1. The van der Waals surface area contributed by atoms with Gasteiger partial charge in [-0.2, -0.15) is 4.98 Å². The Morgan fingerprint density at radius 1 is 1.03 bits per heavy atom. The quantitative estimate of drug-likeness (QED) is 0.363. The van der Waals surface area contributed by atoms with Crippen molar-refractivity contribution >= 4 is 34.3 Å². The third-order valence-corrected chi connectivity index (χ3v) is 17.3. The highest BCUT2D eigenvalue weighted by atomic mass is 28.4. The number of hydrogen-bond acceptors (Lipinski definition) is 8. The minimum atomic E-state index is -2.41. The topological polar surface area (TPSA) is 118 Å². The van der Waals surface area contributed by atoms with Crippen LogP contribution in [-0.4, -0.2) is 62.5 Å². The van der Waals surface area contributed by atoms with Gasteiger partial charge in [0.25, 0.3) is 0 Å². The third kappa shape index (κ3) is 6.97. The number of nitrogens with zero attached hydrogens (tertiary/aromatic N) is 2. The molecular weight excluding hydrogens is 534 g/mol. The minimum Gasteiger partial charge on any atom is -0.456 e. The normalized spacial score (nSPS) is 26.4. The number of carbonyl (C=O) groups excluding carboxylic acids is 2. The summed E-state index contributed by atoms with van der Waals surface area (Å²) >= 11 is 0. The zero-order valence-corrected chi connectivity index (χ0v) is 27.2. The Morgan fingerprint density at radius 3 is 2.08 bits per heavy atom. The van der Waals surface area contributed by atoms with Crippen molar-refractivity contribution in [2.75, 3.05) is 5.32 Å². The molecule has 1 amide bonds. The van der Waals surface area contributed by atoms with Gasteiger partial charge in [-0.05, 0) is 42.3 Å². The second-order valence-corrected chi connectivity index (χ2v) is 23.0. The number of ether oxygens (including phenoxy) is 2. The fourth-order valence-electron chi connectivity index (χ4n) is 4.07. The van der Waals surface area contributed by atoms with Gasteiger partial charge in [-0.15, -0.1) is 0 Å². The van der Waals surface area contributed by atoms with E-state index in [1.165, 1.54) is 17.6 Å². The van der Waals surface area contributed by atoms with Crippen molar-refractivity contribution in [3.05, 3.63) is 34.9 Å². The maximum atomic E-state index is 13.3. The van der Waals surface area contributed by atoms with Gasteiger partial charge in [0, 0.05) is 25.6 Å². The molecule has 0 aliphatic carbocycles. The van der Waals surface area contributed by atoms with Crippen LogP contribution in [0, 0.1) is 0 Å². The molecule has 1 aromatic heterocycles. The van der Waals surface area contributed by atoms with Crippen LogP contribution in [0.25, 0.3) is 0 Å². The molecule has 1 N–H and O–H groups in total. The molecule has 3 rings (SSSR count). The number of hydrogen-bond donors (Lipinski definition) is 1. The Bertz CT molecular complexity index is 1170. The highest BCUT2D eigenvalue weighted by Gasteiger charge is 2.56. The first kappa shape index (κ1) is 31.4. The predicted octanol–water partition coefficient (Wildman–Crippen LogP) is 4.75. The number of esters is 1. The van der Waals surface area contributed by atoms with Crippen molar-refractivity contribution in [3.8, 4) is 0 Å². The largest absolute Gasteiger partial charge is 0.456 e. The Labute approximate surface area is 233 Å². The Morgan fingerprint density at radius 2 is 1.59 bits per heavy atom. The average molecular weight is 580 g/mol. The lowest BCUT2D eigenvalue weighted by Crippen LogP contribution is -2.55. The number of aromatic nitrogens is 2. The zero-order valence-electron chi connectivity index (χ0n) is 25.2. The molecule has 10 nitrogen and oxygen atoms in total. The van der Waals surface area contributed by atoms with Crippen LogP contribution in [0.5, 0.6) is 0 Å². The highest BCUT2D eigenvalue weighted by molar-refractivity contribution is 6.74. The number of carbonyl (C=O) groups is 2. The van der Waals surface area contributed by atoms with Crippen molar-refractivity contribution in [2.24, 2.45) is 0 Å². The molecule has 0 radical (unpaired) electrons. The first-order valence-corrected chi connectivity index (χ1v) is 19.3. The van der Waals surface area contributed by atoms with E-state index in [1.807, 2.05) is 0 Å². The molecule has 39 heavy (non-hydrogen) atoms. The number of rotatable bonds is 7. The maximum absolute atomic E-state index is 13.3. The molecule has 5 atom stereocenters.